The second-order valence-electron chi connectivity index (χ2n) is 2.26. The van der Waals surface area contributed by atoms with Gasteiger partial charge in [-0.1, -0.05) is 12.2 Å². The standard InChI is InChI=1S/C8H10N2/c1-10-8-4-2-7(6-9)3-5-8/h2-4,8,10H,5H2,1H3. The molecule has 0 spiro atoms. The van der Waals surface area contributed by atoms with Gasteiger partial charge < -0.3 is 5.32 Å². The molecule has 0 radical (unpaired) electrons. The van der Waals surface area contributed by atoms with Gasteiger partial charge in [-0.15, -0.1) is 0 Å². The molecule has 0 aromatic rings. The maximum Gasteiger partial charge on any atom is 0.0988 e. The first-order valence-corrected chi connectivity index (χ1v) is 3.32. The third-order valence-electron chi connectivity index (χ3n) is 1.60. The molecule has 0 saturated heterocycles. The molecule has 1 N–H and O–H groups in total. The Kier molecular flexibility index (Phi) is 2.24. The van der Waals surface area contributed by atoms with Gasteiger partial charge in [0.15, 0.2) is 0 Å². The van der Waals surface area contributed by atoms with Crippen molar-refractivity contribution in [3.63, 3.8) is 0 Å². The van der Waals surface area contributed by atoms with E-state index in [1.165, 1.54) is 0 Å². The normalized spacial score (nSPS) is 23.6. The van der Waals surface area contributed by atoms with E-state index in [0.717, 1.165) is 12.0 Å². The van der Waals surface area contributed by atoms with Crippen LogP contribution in [-0.4, -0.2) is 13.1 Å². The summed E-state index contributed by atoms with van der Waals surface area (Å²) in [7, 11) is 1.92. The van der Waals surface area contributed by atoms with Crippen molar-refractivity contribution in [3.05, 3.63) is 23.8 Å². The minimum absolute atomic E-state index is 0.414. The van der Waals surface area contributed by atoms with Gasteiger partial charge in [0.25, 0.3) is 0 Å². The predicted octanol–water partition coefficient (Wildman–Crippen LogP) is 0.984. The molecule has 0 heterocycles. The van der Waals surface area contributed by atoms with Crippen molar-refractivity contribution in [1.82, 2.24) is 5.32 Å². The van der Waals surface area contributed by atoms with E-state index in [4.69, 9.17) is 5.26 Å². The van der Waals surface area contributed by atoms with Crippen LogP contribution in [0.1, 0.15) is 6.42 Å². The summed E-state index contributed by atoms with van der Waals surface area (Å²) in [6.45, 7) is 0. The Labute approximate surface area is 60.9 Å². The van der Waals surface area contributed by atoms with Crippen LogP contribution < -0.4 is 5.32 Å². The molecule has 2 nitrogen and oxygen atoms in total. The predicted molar refractivity (Wildman–Crippen MR) is 40.3 cm³/mol. The van der Waals surface area contributed by atoms with E-state index in [2.05, 4.69) is 11.4 Å². The molecule has 1 unspecified atom stereocenters. The topological polar surface area (TPSA) is 35.8 Å². The van der Waals surface area contributed by atoms with E-state index < -0.39 is 0 Å². The molecule has 10 heavy (non-hydrogen) atoms. The number of likely N-dealkylation sites (N-methyl/N-ethyl adjacent to an activating group) is 1. The summed E-state index contributed by atoms with van der Waals surface area (Å²) in [6, 6.07) is 2.51. The van der Waals surface area contributed by atoms with Crippen LogP contribution in [0.3, 0.4) is 0 Å². The summed E-state index contributed by atoms with van der Waals surface area (Å²) in [5, 5.41) is 11.6. The lowest BCUT2D eigenvalue weighted by Gasteiger charge is -2.11. The fourth-order valence-electron chi connectivity index (χ4n) is 0.917. The molecular formula is C8H10N2. The average molecular weight is 134 g/mol. The van der Waals surface area contributed by atoms with Crippen molar-refractivity contribution in [2.45, 2.75) is 12.5 Å². The summed E-state index contributed by atoms with van der Waals surface area (Å²) in [5.74, 6) is 0. The van der Waals surface area contributed by atoms with Crippen molar-refractivity contribution in [3.8, 4) is 6.07 Å². The molecule has 0 aromatic carbocycles. The Balaban J connectivity index is 2.57. The summed E-state index contributed by atoms with van der Waals surface area (Å²) < 4.78 is 0. The van der Waals surface area contributed by atoms with Crippen molar-refractivity contribution < 1.29 is 0 Å². The summed E-state index contributed by atoms with van der Waals surface area (Å²) in [6.07, 6.45) is 6.74. The van der Waals surface area contributed by atoms with E-state index in [1.54, 1.807) is 0 Å². The molecule has 0 aliphatic heterocycles. The smallest absolute Gasteiger partial charge is 0.0988 e. The number of hydrogen-bond acceptors (Lipinski definition) is 2. The fraction of sp³-hybridized carbons (Fsp3) is 0.375. The molecule has 52 valence electrons. The van der Waals surface area contributed by atoms with Crippen molar-refractivity contribution in [2.75, 3.05) is 7.05 Å². The number of nitrogens with zero attached hydrogens (tertiary/aromatic N) is 1. The zero-order valence-corrected chi connectivity index (χ0v) is 5.96. The van der Waals surface area contributed by atoms with Crippen LogP contribution in [0.15, 0.2) is 23.8 Å². The van der Waals surface area contributed by atoms with Crippen molar-refractivity contribution in [2.24, 2.45) is 0 Å². The highest BCUT2D eigenvalue weighted by molar-refractivity contribution is 5.36. The third-order valence-corrected chi connectivity index (χ3v) is 1.60. The Bertz CT molecular complexity index is 208. The Hall–Kier alpha value is -1.07. The molecule has 0 saturated carbocycles. The third kappa shape index (κ3) is 1.46. The zero-order chi connectivity index (χ0) is 7.40. The Morgan fingerprint density at radius 3 is 3.00 bits per heavy atom. The number of hydrogen-bond donors (Lipinski definition) is 1. The van der Waals surface area contributed by atoms with Gasteiger partial charge >= 0.3 is 0 Å². The van der Waals surface area contributed by atoms with Crippen LogP contribution >= 0.6 is 0 Å². The highest BCUT2D eigenvalue weighted by atomic mass is 14.9. The van der Waals surface area contributed by atoms with Crippen molar-refractivity contribution >= 4 is 0 Å². The summed E-state index contributed by atoms with van der Waals surface area (Å²) in [5.41, 5.74) is 0.770. The first-order chi connectivity index (χ1) is 4.86. The minimum atomic E-state index is 0.414. The Morgan fingerprint density at radius 1 is 1.80 bits per heavy atom. The van der Waals surface area contributed by atoms with Crippen LogP contribution in [0.2, 0.25) is 0 Å². The highest BCUT2D eigenvalue weighted by Gasteiger charge is 2.03. The van der Waals surface area contributed by atoms with Gasteiger partial charge in [0.1, 0.15) is 0 Å². The maximum atomic E-state index is 8.46. The monoisotopic (exact) mass is 134 g/mol. The van der Waals surface area contributed by atoms with Crippen LogP contribution in [-0.2, 0) is 0 Å². The minimum Gasteiger partial charge on any atom is -0.313 e. The molecule has 0 bridgehead atoms. The molecule has 1 aliphatic rings. The number of rotatable bonds is 1. The van der Waals surface area contributed by atoms with E-state index in [9.17, 15) is 0 Å². The molecule has 2 heteroatoms. The fourth-order valence-corrected chi connectivity index (χ4v) is 0.917. The van der Waals surface area contributed by atoms with Crippen LogP contribution in [0.4, 0.5) is 0 Å². The quantitative estimate of drug-likeness (QED) is 0.580. The molecule has 0 aromatic heterocycles. The van der Waals surface area contributed by atoms with E-state index >= 15 is 0 Å². The maximum absolute atomic E-state index is 8.46. The van der Waals surface area contributed by atoms with E-state index in [-0.39, 0.29) is 0 Å². The van der Waals surface area contributed by atoms with Crippen LogP contribution in [0.25, 0.3) is 0 Å². The number of nitriles is 1. The second-order valence-corrected chi connectivity index (χ2v) is 2.26. The summed E-state index contributed by atoms with van der Waals surface area (Å²) in [4.78, 5) is 0. The van der Waals surface area contributed by atoms with Gasteiger partial charge in [-0.25, -0.2) is 0 Å². The highest BCUT2D eigenvalue weighted by Crippen LogP contribution is 2.08. The summed E-state index contributed by atoms with van der Waals surface area (Å²) >= 11 is 0. The first-order valence-electron chi connectivity index (χ1n) is 3.32. The van der Waals surface area contributed by atoms with Gasteiger partial charge in [-0.05, 0) is 19.5 Å². The van der Waals surface area contributed by atoms with Gasteiger partial charge in [0.2, 0.25) is 0 Å². The molecule has 1 aliphatic carbocycles. The zero-order valence-electron chi connectivity index (χ0n) is 5.96. The van der Waals surface area contributed by atoms with E-state index in [1.807, 2.05) is 25.3 Å². The lowest BCUT2D eigenvalue weighted by molar-refractivity contribution is 0.670. The van der Waals surface area contributed by atoms with Gasteiger partial charge in [0.05, 0.1) is 6.07 Å². The molecule has 0 amide bonds. The lowest BCUT2D eigenvalue weighted by Crippen LogP contribution is -2.23. The molecular weight excluding hydrogens is 124 g/mol. The van der Waals surface area contributed by atoms with Crippen LogP contribution in [0, 0.1) is 11.3 Å². The van der Waals surface area contributed by atoms with Gasteiger partial charge in [-0.3, -0.25) is 0 Å². The largest absolute Gasteiger partial charge is 0.313 e. The molecule has 1 atom stereocenters. The Morgan fingerprint density at radius 2 is 2.60 bits per heavy atom. The molecule has 0 fully saturated rings. The first kappa shape index (κ1) is 7.04. The van der Waals surface area contributed by atoms with Gasteiger partial charge in [0, 0.05) is 11.6 Å². The number of allylic oxidation sites excluding steroid dienone is 2. The van der Waals surface area contributed by atoms with E-state index in [0.29, 0.717) is 6.04 Å². The van der Waals surface area contributed by atoms with Crippen LogP contribution in [0.5, 0.6) is 0 Å². The SMILES string of the molecule is CNC1C=CC(C#N)=CC1. The lowest BCUT2D eigenvalue weighted by atomic mass is 10.0. The second kappa shape index (κ2) is 3.19. The molecule has 1 rings (SSSR count). The average Bonchev–Trinajstić information content (AvgIpc) is 2.05. The van der Waals surface area contributed by atoms with Gasteiger partial charge in [-0.2, -0.15) is 5.26 Å². The van der Waals surface area contributed by atoms with Crippen molar-refractivity contribution in [1.29, 1.82) is 5.26 Å². The number of nitrogens with one attached hydrogen (secondary N) is 1.